The zero-order chi connectivity index (χ0) is 96.5. The van der Waals surface area contributed by atoms with E-state index in [0.717, 1.165) is 0 Å². The first-order chi connectivity index (χ1) is 72.1. The zero-order valence-electron chi connectivity index (χ0n) is 80.9. The van der Waals surface area contributed by atoms with Gasteiger partial charge in [-0.3, -0.25) is 0 Å². The molecule has 0 saturated carbocycles. The Morgan fingerprint density at radius 2 is 0.466 bits per heavy atom. The first-order valence-corrected chi connectivity index (χ1v) is 54.7. The summed E-state index contributed by atoms with van der Waals surface area (Å²) in [6.45, 7) is 9.86. The van der Waals surface area contributed by atoms with Crippen molar-refractivity contribution in [3.63, 3.8) is 0 Å². The molecule has 1 aliphatic heterocycles. The van der Waals surface area contributed by atoms with Crippen molar-refractivity contribution in [2.24, 2.45) is 0 Å². The summed E-state index contributed by atoms with van der Waals surface area (Å²) in [6.07, 6.45) is 0. The maximum atomic E-state index is 2.54. The minimum absolute atomic E-state index is 0.0984. The Balaban J connectivity index is 0.0000000904. The van der Waals surface area contributed by atoms with Crippen LogP contribution in [0.4, 0.5) is 0 Å². The highest BCUT2D eigenvalue weighted by Gasteiger charge is 2.42. The molecule has 6 aromatic heterocycles. The third kappa shape index (κ3) is 11.9. The third-order valence-electron chi connectivity index (χ3n) is 32.3. The quantitative estimate of drug-likeness (QED) is 0.121. The van der Waals surface area contributed by atoms with Crippen molar-refractivity contribution >= 4 is 245 Å². The summed E-state index contributed by atoms with van der Waals surface area (Å²) in [5.74, 6) is 0. The van der Waals surface area contributed by atoms with Crippen molar-refractivity contribution < 1.29 is 0 Å². The van der Waals surface area contributed by atoms with Crippen LogP contribution in [0.15, 0.2) is 491 Å². The van der Waals surface area contributed by atoms with Gasteiger partial charge in [-0.15, -0.1) is 11.3 Å². The van der Waals surface area contributed by atoms with Crippen molar-refractivity contribution in [1.82, 2.24) is 22.8 Å². The Labute approximate surface area is 847 Å². The average Bonchev–Trinajstić information content (AvgIpc) is 1.52. The summed E-state index contributed by atoms with van der Waals surface area (Å²) in [7, 11) is -1.94. The summed E-state index contributed by atoms with van der Waals surface area (Å²) in [4.78, 5) is 0. The molecule has 0 fully saturated rings. The molecular formula is C139H93N5SSi. The number of para-hydroxylation sites is 10. The number of thiophene rings is 1. The second kappa shape index (κ2) is 32.3. The van der Waals surface area contributed by atoms with E-state index in [2.05, 4.69) is 541 Å². The number of fused-ring (bicyclic) bond motifs is 48. The van der Waals surface area contributed by atoms with Crippen molar-refractivity contribution in [2.45, 2.75) is 32.4 Å². The van der Waals surface area contributed by atoms with Gasteiger partial charge in [-0.05, 0) is 205 Å². The van der Waals surface area contributed by atoms with Gasteiger partial charge in [0.2, 0.25) is 0 Å². The smallest absolute Gasteiger partial charge is 0.114 e. The van der Waals surface area contributed by atoms with Gasteiger partial charge in [0.1, 0.15) is 8.07 Å². The largest absolute Gasteiger partial charge is 0.309 e. The predicted molar refractivity (Wildman–Crippen MR) is 630 cm³/mol. The van der Waals surface area contributed by atoms with Crippen molar-refractivity contribution in [3.8, 4) is 50.7 Å². The SMILES string of the molecule is CC1(C)c2ccccc2-c2ccc3c4ccccc4c4c5ccccc5n(-c5ccccc5)c4c3c21.C[Si]1(C)c2ccccc2-c2ccc3c4ccccc4c4c5ccccc5n(-c5ccccc5)c4c3c21.c1ccc(-n2c3ccccc3c3c4ccccc4c4ccc5c6ccccc6sc5c4c32)cc1.c1ccc(-n2c3ccccc3c3ccc4c5ccccc5c5c6ccccc6n(-c6ccccc6)c5c4c32)cc1. The minimum Gasteiger partial charge on any atom is -0.309 e. The molecule has 0 unspecified atom stereocenters. The highest BCUT2D eigenvalue weighted by molar-refractivity contribution is 7.26. The van der Waals surface area contributed by atoms with E-state index in [1.54, 1.807) is 10.4 Å². The number of rotatable bonds is 5. The van der Waals surface area contributed by atoms with E-state index in [4.69, 9.17) is 0 Å². The van der Waals surface area contributed by atoms with Crippen LogP contribution in [0.1, 0.15) is 25.0 Å². The fourth-order valence-electron chi connectivity index (χ4n) is 26.4. The Kier molecular flexibility index (Phi) is 18.5. The standard InChI is InChI=1S/C38H24N2.C35H25N.C34H25NSi.C32H19NS/c1-3-13-25(14-4-1)39-33-21-11-9-18-28(33)31-24-23-30-27-17-7-8-19-29(27)35-32-20-10-12-22-34(32)40(26-15-5-2-6-16-26)38(35)36(30)37(31)39;1-35(2)29-18-10-8-15-24(29)27-21-20-26-23-14-6-7-16-25(23)31-28-17-9-11-19-30(28)36(22-12-4-3-5-13-22)34(31)32(26)33(27)35;1-36(2)30-19-11-9-15-24(30)27-21-20-26-23-14-6-7-16-25(23)31-28-17-8-10-18-29(28)35(22-12-4-3-5-13-22)33(31)32(26)34(27)36;1-2-10-20(11-3-1)33-27-16-8-6-15-26(27)29-23-14-5-4-12-21(23)24-18-19-25-22-13-7-9-17-28(22)34-32(25)30(24)31(29)33/h1-24H;2*3-21H,1-2H3;1-19H. The van der Waals surface area contributed by atoms with Gasteiger partial charge in [-0.2, -0.15) is 0 Å². The third-order valence-corrected chi connectivity index (χ3v) is 37.0. The number of nitrogens with zero attached hydrogens (tertiary/aromatic N) is 5. The lowest BCUT2D eigenvalue weighted by Gasteiger charge is -2.24. The lowest BCUT2D eigenvalue weighted by atomic mass is 9.79. The molecule has 0 atom stereocenters. The van der Waals surface area contributed by atoms with Gasteiger partial charge in [0.25, 0.3) is 0 Å². The van der Waals surface area contributed by atoms with E-state index in [-0.39, 0.29) is 5.41 Å². The molecule has 0 radical (unpaired) electrons. The summed E-state index contributed by atoms with van der Waals surface area (Å²) in [6, 6.07) is 180. The topological polar surface area (TPSA) is 24.6 Å². The highest BCUT2D eigenvalue weighted by Crippen LogP contribution is 2.57. The van der Waals surface area contributed by atoms with Gasteiger partial charge in [0, 0.05) is 129 Å². The molecule has 684 valence electrons. The van der Waals surface area contributed by atoms with Crippen LogP contribution in [-0.2, 0) is 5.41 Å². The van der Waals surface area contributed by atoms with Crippen LogP contribution in [0.5, 0.6) is 0 Å². The van der Waals surface area contributed by atoms with E-state index in [1.807, 2.05) is 11.3 Å². The van der Waals surface area contributed by atoms with Crippen LogP contribution >= 0.6 is 11.3 Å². The summed E-state index contributed by atoms with van der Waals surface area (Å²) in [5.41, 5.74) is 27.0. The van der Waals surface area contributed by atoms with Gasteiger partial charge >= 0.3 is 0 Å². The molecule has 0 saturated heterocycles. The zero-order valence-corrected chi connectivity index (χ0v) is 82.7. The van der Waals surface area contributed by atoms with Gasteiger partial charge < -0.3 is 22.8 Å². The lowest BCUT2D eigenvalue weighted by Crippen LogP contribution is -2.49. The molecule has 2 aliphatic rings. The van der Waals surface area contributed by atoms with Gasteiger partial charge in [0.05, 0.1) is 55.2 Å². The Bertz CT molecular complexity index is 10700. The van der Waals surface area contributed by atoms with Crippen LogP contribution in [0, 0.1) is 0 Å². The second-order valence-corrected chi connectivity index (χ2v) is 45.9. The fourth-order valence-corrected chi connectivity index (χ4v) is 31.1. The Hall–Kier alpha value is -18.0. The van der Waals surface area contributed by atoms with Crippen LogP contribution in [0.2, 0.25) is 13.1 Å². The second-order valence-electron chi connectivity index (χ2n) is 40.5. The first-order valence-electron chi connectivity index (χ1n) is 50.9. The molecular weight excluding hydrogens is 1800 g/mol. The van der Waals surface area contributed by atoms with E-state index in [0.29, 0.717) is 0 Å². The molecule has 1 aliphatic carbocycles. The van der Waals surface area contributed by atoms with E-state index in [1.165, 1.54) is 277 Å². The molecule has 0 bridgehead atoms. The van der Waals surface area contributed by atoms with Crippen LogP contribution in [-0.4, -0.2) is 30.9 Å². The lowest BCUT2D eigenvalue weighted by molar-refractivity contribution is 0.666. The molecule has 5 nitrogen and oxygen atoms in total. The van der Waals surface area contributed by atoms with Gasteiger partial charge in [0.15, 0.2) is 0 Å². The van der Waals surface area contributed by atoms with Crippen molar-refractivity contribution in [2.75, 3.05) is 0 Å². The molecule has 25 aromatic carbocycles. The normalized spacial score (nSPS) is 13.0. The number of aromatic nitrogens is 5. The maximum absolute atomic E-state index is 2.54. The van der Waals surface area contributed by atoms with Gasteiger partial charge in [-0.1, -0.05) is 421 Å². The van der Waals surface area contributed by atoms with Crippen LogP contribution in [0.3, 0.4) is 0 Å². The van der Waals surface area contributed by atoms with Crippen LogP contribution < -0.4 is 10.4 Å². The van der Waals surface area contributed by atoms with E-state index in [9.17, 15) is 0 Å². The summed E-state index contributed by atoms with van der Waals surface area (Å²) in [5, 5.41) is 40.2. The molecule has 0 spiro atoms. The molecule has 7 heterocycles. The first kappa shape index (κ1) is 83.8. The number of benzene rings is 25. The average molecular weight is 1890 g/mol. The summed E-state index contributed by atoms with van der Waals surface area (Å²) < 4.78 is 15.2. The Morgan fingerprint density at radius 3 is 0.911 bits per heavy atom. The van der Waals surface area contributed by atoms with E-state index >= 15 is 0 Å². The van der Waals surface area contributed by atoms with Crippen LogP contribution in [0.25, 0.3) is 266 Å². The van der Waals surface area contributed by atoms with Crippen molar-refractivity contribution in [1.29, 1.82) is 0 Å². The van der Waals surface area contributed by atoms with Gasteiger partial charge in [-0.25, -0.2) is 0 Å². The molecule has 146 heavy (non-hydrogen) atoms. The molecule has 31 aromatic rings. The number of hydrogen-bond acceptors (Lipinski definition) is 1. The molecule has 33 rings (SSSR count). The Morgan fingerprint density at radius 1 is 0.185 bits per heavy atom. The van der Waals surface area contributed by atoms with E-state index < -0.39 is 8.07 Å². The molecule has 0 amide bonds. The fraction of sp³-hybridized carbons (Fsp3) is 0.0360. The molecule has 0 N–H and O–H groups in total. The maximum Gasteiger partial charge on any atom is 0.114 e. The summed E-state index contributed by atoms with van der Waals surface area (Å²) >= 11 is 1.92. The molecule has 7 heteroatoms. The monoisotopic (exact) mass is 1890 g/mol. The highest BCUT2D eigenvalue weighted by atomic mass is 32.1. The van der Waals surface area contributed by atoms with Crippen molar-refractivity contribution in [3.05, 3.63) is 503 Å². The number of hydrogen-bond donors (Lipinski definition) is 0. The minimum atomic E-state index is -1.94. The predicted octanol–water partition coefficient (Wildman–Crippen LogP) is 36.9.